The van der Waals surface area contributed by atoms with E-state index in [1.165, 1.54) is 0 Å². The molecule has 0 aromatic heterocycles. The van der Waals surface area contributed by atoms with Crippen molar-refractivity contribution in [2.75, 3.05) is 13.1 Å². The lowest BCUT2D eigenvalue weighted by Crippen LogP contribution is -2.41. The van der Waals surface area contributed by atoms with Crippen LogP contribution in [0.4, 0.5) is 13.2 Å². The maximum Gasteiger partial charge on any atom is 0.405 e. The summed E-state index contributed by atoms with van der Waals surface area (Å²) in [7, 11) is 0. The van der Waals surface area contributed by atoms with Gasteiger partial charge in [0.25, 0.3) is 0 Å². The first-order chi connectivity index (χ1) is 8.20. The van der Waals surface area contributed by atoms with E-state index in [-0.39, 0.29) is 6.42 Å². The first kappa shape index (κ1) is 14.3. The van der Waals surface area contributed by atoms with E-state index in [0.717, 1.165) is 0 Å². The minimum atomic E-state index is -4.51. The Morgan fingerprint density at radius 1 is 1.17 bits per heavy atom. The second-order valence-electron chi connectivity index (χ2n) is 3.90. The Balaban J connectivity index is 2.20. The van der Waals surface area contributed by atoms with E-state index in [1.54, 1.807) is 5.32 Å². The average molecular weight is 268 g/mol. The lowest BCUT2D eigenvalue weighted by molar-refractivity contribution is -0.140. The Kier molecular flexibility index (Phi) is 4.15. The predicted octanol–water partition coefficient (Wildman–Crippen LogP) is -0.498. The summed E-state index contributed by atoms with van der Waals surface area (Å²) in [4.78, 5) is 32.6. The van der Waals surface area contributed by atoms with Crippen LogP contribution in [0.25, 0.3) is 0 Å². The number of carbonyl (C=O) groups is 3. The lowest BCUT2D eigenvalue weighted by atomic mass is 10.3. The molecule has 0 aromatic carbocycles. The SMILES string of the molecule is O=C(CNC(=O)C1CC1C(=O)O)NCC(F)(F)F. The van der Waals surface area contributed by atoms with Gasteiger partial charge in [0, 0.05) is 0 Å². The highest BCUT2D eigenvalue weighted by molar-refractivity contribution is 5.91. The molecule has 2 amide bonds. The van der Waals surface area contributed by atoms with Crippen LogP contribution in [0.3, 0.4) is 0 Å². The third-order valence-electron chi connectivity index (χ3n) is 2.35. The molecule has 102 valence electrons. The predicted molar refractivity (Wildman–Crippen MR) is 51.3 cm³/mol. The Labute approximate surface area is 99.5 Å². The van der Waals surface area contributed by atoms with Crippen molar-refractivity contribution in [1.82, 2.24) is 10.6 Å². The first-order valence-electron chi connectivity index (χ1n) is 5.04. The summed E-state index contributed by atoms with van der Waals surface area (Å²) in [6.45, 7) is -2.07. The minimum Gasteiger partial charge on any atom is -0.481 e. The lowest BCUT2D eigenvalue weighted by Gasteiger charge is -2.08. The normalized spacial score (nSPS) is 22.2. The average Bonchev–Trinajstić information content (AvgIpc) is 3.01. The maximum absolute atomic E-state index is 11.7. The standard InChI is InChI=1S/C9H11F3N2O4/c10-9(11,12)3-14-6(15)2-13-7(16)4-1-5(4)8(17)18/h4-5H,1-3H2,(H,13,16)(H,14,15)(H,17,18). The molecule has 2 atom stereocenters. The molecule has 1 fully saturated rings. The molecule has 6 nitrogen and oxygen atoms in total. The highest BCUT2D eigenvalue weighted by Gasteiger charge is 2.48. The fourth-order valence-corrected chi connectivity index (χ4v) is 1.32. The van der Waals surface area contributed by atoms with Crippen LogP contribution >= 0.6 is 0 Å². The van der Waals surface area contributed by atoms with Crippen molar-refractivity contribution in [3.8, 4) is 0 Å². The molecule has 18 heavy (non-hydrogen) atoms. The third-order valence-corrected chi connectivity index (χ3v) is 2.35. The topological polar surface area (TPSA) is 95.5 Å². The number of carbonyl (C=O) groups excluding carboxylic acids is 2. The molecule has 2 unspecified atom stereocenters. The molecule has 0 aromatic rings. The van der Waals surface area contributed by atoms with Gasteiger partial charge in [0.05, 0.1) is 18.4 Å². The summed E-state index contributed by atoms with van der Waals surface area (Å²) in [5.41, 5.74) is 0. The van der Waals surface area contributed by atoms with Crippen LogP contribution in [0, 0.1) is 11.8 Å². The van der Waals surface area contributed by atoms with Crippen LogP contribution in [0.5, 0.6) is 0 Å². The zero-order valence-electron chi connectivity index (χ0n) is 9.08. The van der Waals surface area contributed by atoms with Gasteiger partial charge in [0.15, 0.2) is 0 Å². The molecule has 3 N–H and O–H groups in total. The van der Waals surface area contributed by atoms with E-state index in [2.05, 4.69) is 5.32 Å². The molecule has 1 rings (SSSR count). The van der Waals surface area contributed by atoms with E-state index in [4.69, 9.17) is 5.11 Å². The van der Waals surface area contributed by atoms with Gasteiger partial charge in [-0.15, -0.1) is 0 Å². The second-order valence-corrected chi connectivity index (χ2v) is 3.90. The van der Waals surface area contributed by atoms with E-state index in [9.17, 15) is 27.6 Å². The van der Waals surface area contributed by atoms with Crippen LogP contribution in [-0.2, 0) is 14.4 Å². The van der Waals surface area contributed by atoms with Gasteiger partial charge in [-0.1, -0.05) is 0 Å². The highest BCUT2D eigenvalue weighted by atomic mass is 19.4. The van der Waals surface area contributed by atoms with Crippen molar-refractivity contribution in [1.29, 1.82) is 0 Å². The summed E-state index contributed by atoms with van der Waals surface area (Å²) in [6, 6.07) is 0. The molecule has 1 aliphatic carbocycles. The maximum atomic E-state index is 11.7. The fraction of sp³-hybridized carbons (Fsp3) is 0.667. The molecule has 0 bridgehead atoms. The molecule has 1 aliphatic rings. The van der Waals surface area contributed by atoms with Crippen LogP contribution < -0.4 is 10.6 Å². The van der Waals surface area contributed by atoms with Crippen molar-refractivity contribution in [2.45, 2.75) is 12.6 Å². The number of carboxylic acids is 1. The summed E-state index contributed by atoms with van der Waals surface area (Å²) in [5, 5.41) is 12.2. The van der Waals surface area contributed by atoms with Gasteiger partial charge in [-0.05, 0) is 6.42 Å². The molecule has 1 saturated carbocycles. The number of rotatable bonds is 5. The van der Waals surface area contributed by atoms with Gasteiger partial charge in [0.1, 0.15) is 6.54 Å². The summed E-state index contributed by atoms with van der Waals surface area (Å²) in [5.74, 6) is -4.17. The van der Waals surface area contributed by atoms with Crippen molar-refractivity contribution < 1.29 is 32.7 Å². The van der Waals surface area contributed by atoms with Crippen LogP contribution in [-0.4, -0.2) is 42.2 Å². The monoisotopic (exact) mass is 268 g/mol. The minimum absolute atomic E-state index is 0.186. The van der Waals surface area contributed by atoms with Gasteiger partial charge < -0.3 is 15.7 Å². The number of halogens is 3. The molecule has 9 heteroatoms. The fourth-order valence-electron chi connectivity index (χ4n) is 1.32. The van der Waals surface area contributed by atoms with Gasteiger partial charge in [0.2, 0.25) is 11.8 Å². The Morgan fingerprint density at radius 2 is 1.78 bits per heavy atom. The Morgan fingerprint density at radius 3 is 2.22 bits per heavy atom. The highest BCUT2D eigenvalue weighted by Crippen LogP contribution is 2.38. The largest absolute Gasteiger partial charge is 0.481 e. The van der Waals surface area contributed by atoms with E-state index >= 15 is 0 Å². The Bertz CT molecular complexity index is 369. The van der Waals surface area contributed by atoms with E-state index in [0.29, 0.717) is 0 Å². The third kappa shape index (κ3) is 4.60. The molecule has 0 aliphatic heterocycles. The first-order valence-corrected chi connectivity index (χ1v) is 5.04. The van der Waals surface area contributed by atoms with Crippen LogP contribution in [0.2, 0.25) is 0 Å². The van der Waals surface area contributed by atoms with Crippen LogP contribution in [0.1, 0.15) is 6.42 Å². The second kappa shape index (κ2) is 5.23. The summed E-state index contributed by atoms with van der Waals surface area (Å²) >= 11 is 0. The number of hydrogen-bond donors (Lipinski definition) is 3. The van der Waals surface area contributed by atoms with Crippen LogP contribution in [0.15, 0.2) is 0 Å². The van der Waals surface area contributed by atoms with Crippen molar-refractivity contribution >= 4 is 17.8 Å². The molecule has 0 heterocycles. The van der Waals surface area contributed by atoms with Gasteiger partial charge in [-0.25, -0.2) is 0 Å². The quantitative estimate of drug-likeness (QED) is 0.626. The summed E-state index contributed by atoms with van der Waals surface area (Å²) in [6.07, 6.45) is -4.32. The van der Waals surface area contributed by atoms with Crippen molar-refractivity contribution in [3.05, 3.63) is 0 Å². The number of amides is 2. The zero-order valence-corrected chi connectivity index (χ0v) is 9.08. The zero-order chi connectivity index (χ0) is 13.9. The number of aliphatic carboxylic acids is 1. The van der Waals surface area contributed by atoms with Gasteiger partial charge in [-0.3, -0.25) is 14.4 Å². The number of nitrogens with one attached hydrogen (secondary N) is 2. The Hall–Kier alpha value is -1.80. The number of carboxylic acid groups (broad SMARTS) is 1. The molecule has 0 spiro atoms. The molecule has 0 radical (unpaired) electrons. The number of alkyl halides is 3. The van der Waals surface area contributed by atoms with Gasteiger partial charge in [-0.2, -0.15) is 13.2 Å². The molecular formula is C9H11F3N2O4. The molecule has 0 saturated heterocycles. The smallest absolute Gasteiger partial charge is 0.405 e. The van der Waals surface area contributed by atoms with E-state index in [1.807, 2.05) is 0 Å². The van der Waals surface area contributed by atoms with Gasteiger partial charge >= 0.3 is 12.1 Å². The summed E-state index contributed by atoms with van der Waals surface area (Å²) < 4.78 is 35.2. The van der Waals surface area contributed by atoms with E-state index < -0.39 is 48.9 Å². The van der Waals surface area contributed by atoms with Crippen molar-refractivity contribution in [2.24, 2.45) is 11.8 Å². The number of hydrogen-bond acceptors (Lipinski definition) is 3. The van der Waals surface area contributed by atoms with Crippen molar-refractivity contribution in [3.63, 3.8) is 0 Å². The molecular weight excluding hydrogens is 257 g/mol.